The highest BCUT2D eigenvalue weighted by molar-refractivity contribution is 4.96. The summed E-state index contributed by atoms with van der Waals surface area (Å²) in [5, 5.41) is 17.9. The Kier molecular flexibility index (Phi) is 1.72. The summed E-state index contributed by atoms with van der Waals surface area (Å²) in [5.74, 6) is 0. The van der Waals surface area contributed by atoms with Crippen LogP contribution >= 0.6 is 0 Å². The highest BCUT2D eigenvalue weighted by atomic mass is 16.3. The van der Waals surface area contributed by atoms with Crippen molar-refractivity contribution < 1.29 is 10.2 Å². The van der Waals surface area contributed by atoms with Gasteiger partial charge in [0.1, 0.15) is 0 Å². The van der Waals surface area contributed by atoms with Gasteiger partial charge in [0.15, 0.2) is 0 Å². The van der Waals surface area contributed by atoms with Gasteiger partial charge in [-0.15, -0.1) is 0 Å². The molecule has 1 saturated carbocycles. The molecule has 0 aromatic rings. The van der Waals surface area contributed by atoms with E-state index in [9.17, 15) is 0 Å². The smallest absolute Gasteiger partial charge is 0.0965 e. The maximum Gasteiger partial charge on any atom is 0.0965 e. The highest BCUT2D eigenvalue weighted by Gasteiger charge is 2.36. The van der Waals surface area contributed by atoms with Crippen LogP contribution in [0.25, 0.3) is 0 Å². The van der Waals surface area contributed by atoms with Crippen molar-refractivity contribution >= 4 is 0 Å². The van der Waals surface area contributed by atoms with Crippen LogP contribution in [0.5, 0.6) is 0 Å². The lowest BCUT2D eigenvalue weighted by atomic mass is 10.2. The Morgan fingerprint density at radius 2 is 1.78 bits per heavy atom. The first-order valence-corrected chi connectivity index (χ1v) is 3.00. The lowest BCUT2D eigenvalue weighted by Crippen LogP contribution is -2.43. The van der Waals surface area contributed by atoms with Crippen LogP contribution in [0.15, 0.2) is 0 Å². The van der Waals surface area contributed by atoms with Crippen molar-refractivity contribution in [1.29, 1.82) is 0 Å². The maximum atomic E-state index is 8.98. The summed E-state index contributed by atoms with van der Waals surface area (Å²) in [7, 11) is 0. The van der Waals surface area contributed by atoms with Gasteiger partial charge in [0.2, 0.25) is 0 Å². The summed E-state index contributed by atoms with van der Waals surface area (Å²) in [4.78, 5) is 0. The van der Waals surface area contributed by atoms with Crippen LogP contribution in [0.4, 0.5) is 0 Å². The van der Waals surface area contributed by atoms with Gasteiger partial charge in [-0.2, -0.15) is 0 Å². The molecule has 0 saturated heterocycles. The van der Waals surface area contributed by atoms with E-state index in [2.05, 4.69) is 0 Å². The third-order valence-electron chi connectivity index (χ3n) is 1.80. The van der Waals surface area contributed by atoms with Crippen molar-refractivity contribution in [1.82, 2.24) is 0 Å². The van der Waals surface area contributed by atoms with E-state index in [0.29, 0.717) is 6.42 Å². The molecule has 1 fully saturated rings. The number of aliphatic hydroxyl groups excluding tert-OH is 2. The first-order valence-electron chi connectivity index (χ1n) is 3.00. The average molecular weight is 132 g/mol. The summed E-state index contributed by atoms with van der Waals surface area (Å²) in [6.07, 6.45) is -1.16. The highest BCUT2D eigenvalue weighted by Crippen LogP contribution is 2.16. The van der Waals surface area contributed by atoms with E-state index in [4.69, 9.17) is 21.7 Å². The molecule has 1 aliphatic rings. The van der Waals surface area contributed by atoms with Crippen LogP contribution in [-0.4, -0.2) is 34.5 Å². The first kappa shape index (κ1) is 6.95. The van der Waals surface area contributed by atoms with Crippen LogP contribution < -0.4 is 11.5 Å². The number of nitrogens with two attached hydrogens (primary N) is 2. The molecule has 0 bridgehead atoms. The molecule has 6 N–H and O–H groups in total. The van der Waals surface area contributed by atoms with Crippen LogP contribution in [-0.2, 0) is 0 Å². The Morgan fingerprint density at radius 1 is 1.22 bits per heavy atom. The molecule has 9 heavy (non-hydrogen) atoms. The van der Waals surface area contributed by atoms with Gasteiger partial charge in [-0.3, -0.25) is 0 Å². The third-order valence-corrected chi connectivity index (χ3v) is 1.80. The number of aliphatic hydroxyl groups is 2. The SMILES string of the molecule is N[C@H]1[C@@H](O)[C@H](O)C[C@@H]1N. The van der Waals surface area contributed by atoms with Crippen LogP contribution in [0, 0.1) is 0 Å². The molecule has 0 aromatic heterocycles. The fraction of sp³-hybridized carbons (Fsp3) is 1.00. The topological polar surface area (TPSA) is 92.5 Å². The fourth-order valence-electron chi connectivity index (χ4n) is 1.09. The number of rotatable bonds is 0. The molecule has 0 aliphatic heterocycles. The maximum absolute atomic E-state index is 8.98. The minimum absolute atomic E-state index is 0.255. The lowest BCUT2D eigenvalue weighted by molar-refractivity contribution is 0.0363. The van der Waals surface area contributed by atoms with Crippen LogP contribution in [0.1, 0.15) is 6.42 Å². The van der Waals surface area contributed by atoms with Crippen molar-refractivity contribution in [2.75, 3.05) is 0 Å². The Labute approximate surface area is 53.5 Å². The minimum atomic E-state index is -0.833. The predicted molar refractivity (Wildman–Crippen MR) is 32.6 cm³/mol. The Morgan fingerprint density at radius 3 is 1.89 bits per heavy atom. The molecular formula is C5H12N2O2. The Bertz CT molecular complexity index is 97.1. The van der Waals surface area contributed by atoms with E-state index in [1.165, 1.54) is 0 Å². The second kappa shape index (κ2) is 2.22. The molecule has 0 unspecified atom stereocenters. The van der Waals surface area contributed by atoms with Gasteiger partial charge >= 0.3 is 0 Å². The van der Waals surface area contributed by atoms with Gasteiger partial charge in [0.05, 0.1) is 12.2 Å². The zero-order valence-electron chi connectivity index (χ0n) is 5.07. The first-order chi connectivity index (χ1) is 4.13. The van der Waals surface area contributed by atoms with Gasteiger partial charge in [-0.1, -0.05) is 0 Å². The average Bonchev–Trinajstić information content (AvgIpc) is 1.98. The van der Waals surface area contributed by atoms with Crippen molar-refractivity contribution in [2.24, 2.45) is 11.5 Å². The Hall–Kier alpha value is -0.160. The molecule has 0 spiro atoms. The van der Waals surface area contributed by atoms with E-state index >= 15 is 0 Å². The summed E-state index contributed by atoms with van der Waals surface area (Å²) >= 11 is 0. The van der Waals surface area contributed by atoms with Gasteiger partial charge in [-0.25, -0.2) is 0 Å². The molecule has 0 radical (unpaired) electrons. The number of hydrogen-bond acceptors (Lipinski definition) is 4. The van der Waals surface area contributed by atoms with E-state index in [1.807, 2.05) is 0 Å². The minimum Gasteiger partial charge on any atom is -0.390 e. The quantitative estimate of drug-likeness (QED) is 0.300. The van der Waals surface area contributed by atoms with E-state index < -0.39 is 18.2 Å². The molecule has 1 aliphatic carbocycles. The molecular weight excluding hydrogens is 120 g/mol. The normalized spacial score (nSPS) is 52.0. The van der Waals surface area contributed by atoms with Gasteiger partial charge in [0.25, 0.3) is 0 Å². The second-order valence-electron chi connectivity index (χ2n) is 2.53. The lowest BCUT2D eigenvalue weighted by Gasteiger charge is -2.12. The van der Waals surface area contributed by atoms with E-state index in [0.717, 1.165) is 0 Å². The second-order valence-corrected chi connectivity index (χ2v) is 2.53. The molecule has 0 amide bonds. The van der Waals surface area contributed by atoms with Crippen molar-refractivity contribution in [3.63, 3.8) is 0 Å². The summed E-state index contributed by atoms with van der Waals surface area (Å²) in [5.41, 5.74) is 10.8. The Balaban J connectivity index is 2.54. The van der Waals surface area contributed by atoms with Crippen molar-refractivity contribution in [3.8, 4) is 0 Å². The largest absolute Gasteiger partial charge is 0.390 e. The van der Waals surface area contributed by atoms with Crippen molar-refractivity contribution in [2.45, 2.75) is 30.7 Å². The summed E-state index contributed by atoms with van der Waals surface area (Å²) in [6, 6.07) is -0.713. The molecule has 0 heterocycles. The molecule has 54 valence electrons. The monoisotopic (exact) mass is 132 g/mol. The van der Waals surface area contributed by atoms with Crippen LogP contribution in [0.2, 0.25) is 0 Å². The molecule has 0 aromatic carbocycles. The molecule has 4 atom stereocenters. The van der Waals surface area contributed by atoms with Gasteiger partial charge < -0.3 is 21.7 Å². The van der Waals surface area contributed by atoms with Crippen LogP contribution in [0.3, 0.4) is 0 Å². The summed E-state index contributed by atoms with van der Waals surface area (Å²) in [6.45, 7) is 0. The van der Waals surface area contributed by atoms with Gasteiger partial charge in [-0.05, 0) is 6.42 Å². The van der Waals surface area contributed by atoms with Gasteiger partial charge in [0, 0.05) is 12.1 Å². The van der Waals surface area contributed by atoms with E-state index in [1.54, 1.807) is 0 Å². The molecule has 1 rings (SSSR count). The number of hydrogen-bond donors (Lipinski definition) is 4. The zero-order chi connectivity index (χ0) is 7.02. The van der Waals surface area contributed by atoms with Crippen molar-refractivity contribution in [3.05, 3.63) is 0 Å². The zero-order valence-corrected chi connectivity index (χ0v) is 5.07. The molecule has 4 heteroatoms. The fourth-order valence-corrected chi connectivity index (χ4v) is 1.09. The standard InChI is InChI=1S/C5H12N2O2/c6-2-1-3(8)5(9)4(2)7/h2-5,8-9H,1,6-7H2/t2-,3+,4+,5-/m0/s1. The summed E-state index contributed by atoms with van der Waals surface area (Å²) < 4.78 is 0. The van der Waals surface area contributed by atoms with E-state index in [-0.39, 0.29) is 6.04 Å². The third kappa shape index (κ3) is 1.07. The molecule has 4 nitrogen and oxygen atoms in total. The predicted octanol–water partition coefficient (Wildman–Crippen LogP) is -2.23.